The average molecular weight is 209 g/mol. The summed E-state index contributed by atoms with van der Waals surface area (Å²) in [7, 11) is -4.03. The summed E-state index contributed by atoms with van der Waals surface area (Å²) in [5, 5.41) is 0. The number of pyridine rings is 1. The number of ether oxygens (including phenoxy) is 1. The Bertz CT molecular complexity index is 418. The van der Waals surface area contributed by atoms with Gasteiger partial charge in [0.15, 0.2) is 16.5 Å². The Labute approximate surface area is 73.4 Å². The van der Waals surface area contributed by atoms with E-state index >= 15 is 0 Å². The third kappa shape index (κ3) is 1.92. The highest BCUT2D eigenvalue weighted by Gasteiger charge is 2.23. The van der Waals surface area contributed by atoms with Gasteiger partial charge in [0.25, 0.3) is 0 Å². The maximum atomic E-state index is 12.8. The normalized spacial score (nSPS) is 11.3. The Morgan fingerprint density at radius 3 is 2.46 bits per heavy atom. The Kier molecular flexibility index (Phi) is 2.46. The van der Waals surface area contributed by atoms with Crippen LogP contribution in [0, 0.1) is 5.82 Å². The van der Waals surface area contributed by atoms with E-state index in [1.807, 2.05) is 0 Å². The van der Waals surface area contributed by atoms with E-state index in [2.05, 4.69) is 9.72 Å². The van der Waals surface area contributed by atoms with Gasteiger partial charge in [0, 0.05) is 0 Å². The first-order valence-electron chi connectivity index (χ1n) is 3.09. The van der Waals surface area contributed by atoms with Crippen molar-refractivity contribution in [2.75, 3.05) is 7.11 Å². The zero-order valence-electron chi connectivity index (χ0n) is 6.49. The van der Waals surface area contributed by atoms with Gasteiger partial charge in [-0.25, -0.2) is 4.39 Å². The molecule has 0 N–H and O–H groups in total. The van der Waals surface area contributed by atoms with Crippen molar-refractivity contribution in [1.82, 2.24) is 4.98 Å². The van der Waals surface area contributed by atoms with Crippen molar-refractivity contribution < 1.29 is 21.4 Å². The summed E-state index contributed by atoms with van der Waals surface area (Å²) in [5.74, 6) is -1.73. The summed E-state index contributed by atoms with van der Waals surface area (Å²) in [6.45, 7) is 0. The van der Waals surface area contributed by atoms with Gasteiger partial charge >= 0.3 is 10.2 Å². The fraction of sp³-hybridized carbons (Fsp3) is 0.167. The molecule has 0 aliphatic carbocycles. The second-order valence-corrected chi connectivity index (χ2v) is 3.37. The van der Waals surface area contributed by atoms with Crippen molar-refractivity contribution >= 4 is 10.2 Å². The summed E-state index contributed by atoms with van der Waals surface area (Å²) in [5.41, 5.74) is 0. The monoisotopic (exact) mass is 209 g/mol. The SMILES string of the molecule is COc1cncc(F)c1S(=O)(=O)F. The highest BCUT2D eigenvalue weighted by Crippen LogP contribution is 2.26. The van der Waals surface area contributed by atoms with E-state index in [4.69, 9.17) is 0 Å². The lowest BCUT2D eigenvalue weighted by atomic mass is 10.4. The van der Waals surface area contributed by atoms with E-state index in [0.29, 0.717) is 6.20 Å². The van der Waals surface area contributed by atoms with E-state index in [0.717, 1.165) is 13.3 Å². The molecule has 7 heteroatoms. The molecule has 1 rings (SSSR count). The first-order valence-corrected chi connectivity index (χ1v) is 4.47. The Morgan fingerprint density at radius 2 is 2.08 bits per heavy atom. The Balaban J connectivity index is 3.50. The molecule has 1 heterocycles. The molecule has 4 nitrogen and oxygen atoms in total. The first kappa shape index (κ1) is 9.85. The molecule has 0 bridgehead atoms. The van der Waals surface area contributed by atoms with Crippen molar-refractivity contribution in [3.05, 3.63) is 18.2 Å². The number of rotatable bonds is 2. The van der Waals surface area contributed by atoms with E-state index in [-0.39, 0.29) is 0 Å². The van der Waals surface area contributed by atoms with Crippen LogP contribution in [0.2, 0.25) is 0 Å². The van der Waals surface area contributed by atoms with Gasteiger partial charge in [0.2, 0.25) is 0 Å². The zero-order chi connectivity index (χ0) is 10.1. The molecule has 0 aliphatic rings. The number of hydrogen-bond acceptors (Lipinski definition) is 4. The maximum Gasteiger partial charge on any atom is 0.338 e. The molecule has 1 aromatic rings. The second kappa shape index (κ2) is 3.25. The highest BCUT2D eigenvalue weighted by atomic mass is 32.3. The van der Waals surface area contributed by atoms with Crippen LogP contribution in [0.1, 0.15) is 0 Å². The molecule has 0 saturated carbocycles. The molecule has 0 spiro atoms. The third-order valence-corrected chi connectivity index (χ3v) is 2.17. The molecule has 0 aliphatic heterocycles. The van der Waals surface area contributed by atoms with Crippen molar-refractivity contribution in [2.24, 2.45) is 0 Å². The Morgan fingerprint density at radius 1 is 1.46 bits per heavy atom. The van der Waals surface area contributed by atoms with Crippen LogP contribution in [0.15, 0.2) is 17.3 Å². The molecule has 1 aromatic heterocycles. The topological polar surface area (TPSA) is 56.3 Å². The summed E-state index contributed by atoms with van der Waals surface area (Å²) >= 11 is 0. The number of hydrogen-bond donors (Lipinski definition) is 0. The van der Waals surface area contributed by atoms with Gasteiger partial charge in [-0.3, -0.25) is 4.98 Å². The fourth-order valence-corrected chi connectivity index (χ4v) is 1.45. The molecule has 72 valence electrons. The molecule has 0 fully saturated rings. The minimum atomic E-state index is -5.12. The third-order valence-electron chi connectivity index (χ3n) is 1.28. The highest BCUT2D eigenvalue weighted by molar-refractivity contribution is 7.86. The van der Waals surface area contributed by atoms with Crippen LogP contribution in [0.4, 0.5) is 8.28 Å². The minimum Gasteiger partial charge on any atom is -0.494 e. The van der Waals surface area contributed by atoms with Crippen LogP contribution < -0.4 is 4.74 Å². The predicted molar refractivity (Wildman–Crippen MR) is 39.0 cm³/mol. The standard InChI is InChI=1S/C6H5F2NO3S/c1-12-5-3-9-2-4(7)6(5)13(8,10)11/h2-3H,1H3. The van der Waals surface area contributed by atoms with Gasteiger partial charge in [0.05, 0.1) is 19.5 Å². The molecular weight excluding hydrogens is 204 g/mol. The molecular formula is C6H5F2NO3S. The minimum absolute atomic E-state index is 0.456. The van der Waals surface area contributed by atoms with Crippen LogP contribution in [-0.4, -0.2) is 20.5 Å². The zero-order valence-corrected chi connectivity index (χ0v) is 7.31. The number of nitrogens with zero attached hydrogens (tertiary/aromatic N) is 1. The largest absolute Gasteiger partial charge is 0.494 e. The van der Waals surface area contributed by atoms with Crippen molar-refractivity contribution in [3.63, 3.8) is 0 Å². The first-order chi connectivity index (χ1) is 5.96. The van der Waals surface area contributed by atoms with E-state index in [9.17, 15) is 16.7 Å². The van der Waals surface area contributed by atoms with E-state index in [1.165, 1.54) is 0 Å². The van der Waals surface area contributed by atoms with Crippen LogP contribution in [-0.2, 0) is 10.2 Å². The summed E-state index contributed by atoms with van der Waals surface area (Å²) in [4.78, 5) is 2.18. The fourth-order valence-electron chi connectivity index (χ4n) is 0.787. The number of methoxy groups -OCH3 is 1. The van der Waals surface area contributed by atoms with Gasteiger partial charge in [-0.2, -0.15) is 8.42 Å². The summed E-state index contributed by atoms with van der Waals surface area (Å²) < 4.78 is 50.5. The predicted octanol–water partition coefficient (Wildman–Crippen LogP) is 0.888. The lowest BCUT2D eigenvalue weighted by Gasteiger charge is -2.03. The van der Waals surface area contributed by atoms with Gasteiger partial charge < -0.3 is 4.74 Å². The molecule has 0 aromatic carbocycles. The summed E-state index contributed by atoms with van der Waals surface area (Å²) in [6.07, 6.45) is 1.50. The lowest BCUT2D eigenvalue weighted by Crippen LogP contribution is -2.01. The summed E-state index contributed by atoms with van der Waals surface area (Å²) in [6, 6.07) is 0. The van der Waals surface area contributed by atoms with Gasteiger partial charge in [-0.15, -0.1) is 3.89 Å². The van der Waals surface area contributed by atoms with Crippen molar-refractivity contribution in [2.45, 2.75) is 4.90 Å². The maximum absolute atomic E-state index is 12.8. The average Bonchev–Trinajstić information content (AvgIpc) is 2.01. The van der Waals surface area contributed by atoms with Crippen LogP contribution in [0.5, 0.6) is 5.75 Å². The molecule has 0 amide bonds. The van der Waals surface area contributed by atoms with Crippen LogP contribution >= 0.6 is 0 Å². The molecule has 0 radical (unpaired) electrons. The van der Waals surface area contributed by atoms with Gasteiger partial charge in [0.1, 0.15) is 0 Å². The second-order valence-electron chi connectivity index (χ2n) is 2.09. The number of halogens is 2. The lowest BCUT2D eigenvalue weighted by molar-refractivity contribution is 0.389. The van der Waals surface area contributed by atoms with Crippen molar-refractivity contribution in [1.29, 1.82) is 0 Å². The smallest absolute Gasteiger partial charge is 0.338 e. The van der Waals surface area contributed by atoms with E-state index in [1.54, 1.807) is 0 Å². The number of aromatic nitrogens is 1. The molecule has 0 atom stereocenters. The van der Waals surface area contributed by atoms with Crippen molar-refractivity contribution in [3.8, 4) is 5.75 Å². The Hall–Kier alpha value is -1.24. The van der Waals surface area contributed by atoms with E-state index < -0.39 is 26.7 Å². The van der Waals surface area contributed by atoms with Gasteiger partial charge in [-0.05, 0) is 0 Å². The van der Waals surface area contributed by atoms with Crippen LogP contribution in [0.3, 0.4) is 0 Å². The van der Waals surface area contributed by atoms with Crippen LogP contribution in [0.25, 0.3) is 0 Å². The molecule has 13 heavy (non-hydrogen) atoms. The molecule has 0 saturated heterocycles. The van der Waals surface area contributed by atoms with Gasteiger partial charge in [-0.1, -0.05) is 0 Å². The quantitative estimate of drug-likeness (QED) is 0.678. The molecule has 0 unspecified atom stereocenters.